The molecule has 0 radical (unpaired) electrons. The van der Waals surface area contributed by atoms with Gasteiger partial charge in [0.2, 0.25) is 5.91 Å². The molecule has 0 aromatic carbocycles. The maximum absolute atomic E-state index is 11.4. The first-order valence-electron chi connectivity index (χ1n) is 5.06. The molecule has 84 valence electrons. The van der Waals surface area contributed by atoms with Crippen LogP contribution in [0.3, 0.4) is 0 Å². The molecule has 0 aliphatic rings. The molecule has 0 aromatic rings. The van der Waals surface area contributed by atoms with Gasteiger partial charge >= 0.3 is 0 Å². The van der Waals surface area contributed by atoms with Crippen molar-refractivity contribution in [1.82, 2.24) is 5.32 Å². The van der Waals surface area contributed by atoms with Gasteiger partial charge in [0.05, 0.1) is 4.32 Å². The molecule has 0 heterocycles. The second kappa shape index (κ2) is 7.23. The number of carbonyl (C=O) groups is 1. The van der Waals surface area contributed by atoms with Crippen LogP contribution in [0.4, 0.5) is 0 Å². The molecular formula is C10H20BrNO2. The van der Waals surface area contributed by atoms with Crippen molar-refractivity contribution in [3.63, 3.8) is 0 Å². The number of aliphatic hydroxyl groups is 1. The second-order valence-corrected chi connectivity index (χ2v) is 5.85. The summed E-state index contributed by atoms with van der Waals surface area (Å²) in [6.07, 6.45) is 3.93. The van der Waals surface area contributed by atoms with Crippen LogP contribution in [0.15, 0.2) is 0 Å². The van der Waals surface area contributed by atoms with E-state index in [1.54, 1.807) is 0 Å². The van der Waals surface area contributed by atoms with Crippen molar-refractivity contribution in [1.29, 1.82) is 0 Å². The zero-order valence-electron chi connectivity index (χ0n) is 8.98. The third-order valence-corrected chi connectivity index (χ3v) is 2.27. The summed E-state index contributed by atoms with van der Waals surface area (Å²) in [5.74, 6) is 0.0275. The van der Waals surface area contributed by atoms with E-state index in [-0.39, 0.29) is 12.5 Å². The number of unbranched alkanes of at least 4 members (excludes halogenated alkanes) is 3. The predicted octanol–water partition coefficient (Wildman–Crippen LogP) is 1.83. The number of hydrogen-bond donors (Lipinski definition) is 2. The highest BCUT2D eigenvalue weighted by Gasteiger charge is 2.22. The van der Waals surface area contributed by atoms with Gasteiger partial charge in [-0.25, -0.2) is 0 Å². The minimum Gasteiger partial charge on any atom is -0.396 e. The highest BCUT2D eigenvalue weighted by atomic mass is 79.9. The third-order valence-electron chi connectivity index (χ3n) is 1.91. The van der Waals surface area contributed by atoms with Gasteiger partial charge in [-0.2, -0.15) is 0 Å². The monoisotopic (exact) mass is 265 g/mol. The molecule has 0 bridgehead atoms. The topological polar surface area (TPSA) is 49.3 Å². The SMILES string of the molecule is CC(C)(Br)C(=O)NCCCCCCO. The molecule has 0 aliphatic heterocycles. The lowest BCUT2D eigenvalue weighted by molar-refractivity contribution is -0.122. The van der Waals surface area contributed by atoms with Crippen molar-refractivity contribution in [2.75, 3.05) is 13.2 Å². The average molecular weight is 266 g/mol. The number of halogens is 1. The van der Waals surface area contributed by atoms with E-state index in [2.05, 4.69) is 21.2 Å². The maximum Gasteiger partial charge on any atom is 0.236 e. The van der Waals surface area contributed by atoms with Crippen LogP contribution in [0.1, 0.15) is 39.5 Å². The zero-order valence-corrected chi connectivity index (χ0v) is 10.6. The molecule has 0 aromatic heterocycles. The van der Waals surface area contributed by atoms with E-state index in [9.17, 15) is 4.79 Å². The average Bonchev–Trinajstić information content (AvgIpc) is 2.09. The molecule has 2 N–H and O–H groups in total. The van der Waals surface area contributed by atoms with Crippen molar-refractivity contribution < 1.29 is 9.90 Å². The molecular weight excluding hydrogens is 246 g/mol. The van der Waals surface area contributed by atoms with Crippen molar-refractivity contribution in [2.45, 2.75) is 43.9 Å². The van der Waals surface area contributed by atoms with Crippen LogP contribution in [-0.4, -0.2) is 28.5 Å². The molecule has 0 fully saturated rings. The lowest BCUT2D eigenvalue weighted by Gasteiger charge is -2.15. The number of hydrogen-bond acceptors (Lipinski definition) is 2. The normalized spacial score (nSPS) is 11.4. The van der Waals surface area contributed by atoms with Crippen LogP contribution in [0.2, 0.25) is 0 Å². The fourth-order valence-corrected chi connectivity index (χ4v) is 1.14. The van der Waals surface area contributed by atoms with Crippen LogP contribution >= 0.6 is 15.9 Å². The summed E-state index contributed by atoms with van der Waals surface area (Å²) in [5, 5.41) is 11.4. The molecule has 0 unspecified atom stereocenters. The van der Waals surface area contributed by atoms with Crippen molar-refractivity contribution >= 4 is 21.8 Å². The summed E-state index contributed by atoms with van der Waals surface area (Å²) in [5.41, 5.74) is 0. The molecule has 0 saturated heterocycles. The Morgan fingerprint density at radius 1 is 1.29 bits per heavy atom. The molecule has 0 rings (SSSR count). The van der Waals surface area contributed by atoms with Crippen molar-refractivity contribution in [2.24, 2.45) is 0 Å². The van der Waals surface area contributed by atoms with Gasteiger partial charge in [0.1, 0.15) is 0 Å². The van der Waals surface area contributed by atoms with Gasteiger partial charge in [0.25, 0.3) is 0 Å². The fourth-order valence-electron chi connectivity index (χ4n) is 1.00. The molecule has 3 nitrogen and oxygen atoms in total. The summed E-state index contributed by atoms with van der Waals surface area (Å²) >= 11 is 3.29. The van der Waals surface area contributed by atoms with Crippen LogP contribution in [0, 0.1) is 0 Å². The summed E-state index contributed by atoms with van der Waals surface area (Å²) in [7, 11) is 0. The van der Waals surface area contributed by atoms with E-state index < -0.39 is 4.32 Å². The molecule has 1 amide bonds. The van der Waals surface area contributed by atoms with Gasteiger partial charge in [0, 0.05) is 13.2 Å². The van der Waals surface area contributed by atoms with Gasteiger partial charge in [-0.1, -0.05) is 28.8 Å². The van der Waals surface area contributed by atoms with Crippen LogP contribution in [0.5, 0.6) is 0 Å². The first kappa shape index (κ1) is 13.9. The van der Waals surface area contributed by atoms with Crippen LogP contribution in [-0.2, 0) is 4.79 Å². The molecule has 0 aliphatic carbocycles. The van der Waals surface area contributed by atoms with E-state index >= 15 is 0 Å². The van der Waals surface area contributed by atoms with Crippen molar-refractivity contribution in [3.8, 4) is 0 Å². The number of alkyl halides is 1. The Bertz CT molecular complexity index is 166. The van der Waals surface area contributed by atoms with E-state index in [1.165, 1.54) is 0 Å². The number of rotatable bonds is 7. The van der Waals surface area contributed by atoms with Gasteiger partial charge in [-0.05, 0) is 26.7 Å². The Kier molecular flexibility index (Phi) is 7.19. The Morgan fingerprint density at radius 2 is 1.86 bits per heavy atom. The van der Waals surface area contributed by atoms with Gasteiger partial charge in [-0.3, -0.25) is 4.79 Å². The summed E-state index contributed by atoms with van der Waals surface area (Å²) in [6.45, 7) is 4.64. The van der Waals surface area contributed by atoms with E-state index in [1.807, 2.05) is 13.8 Å². The van der Waals surface area contributed by atoms with Crippen LogP contribution in [0.25, 0.3) is 0 Å². The highest BCUT2D eigenvalue weighted by Crippen LogP contribution is 2.15. The summed E-state index contributed by atoms with van der Waals surface area (Å²) < 4.78 is -0.474. The lowest BCUT2D eigenvalue weighted by Crippen LogP contribution is -2.37. The largest absolute Gasteiger partial charge is 0.396 e. The van der Waals surface area contributed by atoms with Crippen LogP contribution < -0.4 is 5.32 Å². The Balaban J connectivity index is 3.33. The Hall–Kier alpha value is -0.0900. The van der Waals surface area contributed by atoms with Gasteiger partial charge in [-0.15, -0.1) is 0 Å². The van der Waals surface area contributed by atoms with Crippen molar-refractivity contribution in [3.05, 3.63) is 0 Å². The minimum atomic E-state index is -0.474. The molecule has 14 heavy (non-hydrogen) atoms. The number of carbonyl (C=O) groups excluding carboxylic acids is 1. The predicted molar refractivity (Wildman–Crippen MR) is 61.6 cm³/mol. The lowest BCUT2D eigenvalue weighted by atomic mass is 10.2. The third kappa shape index (κ3) is 7.33. The highest BCUT2D eigenvalue weighted by molar-refractivity contribution is 9.10. The minimum absolute atomic E-state index is 0.0275. The first-order chi connectivity index (χ1) is 6.48. The molecule has 0 spiro atoms. The van der Waals surface area contributed by atoms with Gasteiger partial charge < -0.3 is 10.4 Å². The Morgan fingerprint density at radius 3 is 2.36 bits per heavy atom. The smallest absolute Gasteiger partial charge is 0.236 e. The standard InChI is InChI=1S/C10H20BrNO2/c1-10(2,11)9(14)12-7-5-3-4-6-8-13/h13H,3-8H2,1-2H3,(H,12,14). The number of aliphatic hydroxyl groups excluding tert-OH is 1. The van der Waals surface area contributed by atoms with Gasteiger partial charge in [0.15, 0.2) is 0 Å². The second-order valence-electron chi connectivity index (χ2n) is 3.87. The number of amides is 1. The molecule has 0 atom stereocenters. The zero-order chi connectivity index (χ0) is 11.0. The molecule has 4 heteroatoms. The van der Waals surface area contributed by atoms with E-state index in [0.29, 0.717) is 0 Å². The quantitative estimate of drug-likeness (QED) is 0.545. The van der Waals surface area contributed by atoms with E-state index in [4.69, 9.17) is 5.11 Å². The molecule has 0 saturated carbocycles. The maximum atomic E-state index is 11.4. The van der Waals surface area contributed by atoms with E-state index in [0.717, 1.165) is 32.2 Å². The first-order valence-corrected chi connectivity index (χ1v) is 5.86. The Labute approximate surface area is 94.4 Å². The fraction of sp³-hybridized carbons (Fsp3) is 0.900. The summed E-state index contributed by atoms with van der Waals surface area (Å²) in [4.78, 5) is 11.4. The summed E-state index contributed by atoms with van der Waals surface area (Å²) in [6, 6.07) is 0. The number of nitrogens with one attached hydrogen (secondary N) is 1.